The van der Waals surface area contributed by atoms with Crippen LogP contribution in [0.2, 0.25) is 0 Å². The zero-order chi connectivity index (χ0) is 22.5. The number of carbonyl (C=O) groups excluding carboxylic acids is 3. The van der Waals surface area contributed by atoms with Gasteiger partial charge in [-0.3, -0.25) is 19.3 Å². The SMILES string of the molecule is CN(C)CCN1C(=O)c2cc(NC(=O)C(C)(C)C)cc3cc4c(c(c23)C1=O)CCCC4. The summed E-state index contributed by atoms with van der Waals surface area (Å²) >= 11 is 0. The second-order valence-electron chi connectivity index (χ2n) is 9.99. The van der Waals surface area contributed by atoms with Crippen LogP contribution in [0.3, 0.4) is 0 Å². The molecule has 0 atom stereocenters. The number of aryl methyl sites for hydroxylation is 1. The Morgan fingerprint density at radius 1 is 1.06 bits per heavy atom. The highest BCUT2D eigenvalue weighted by molar-refractivity contribution is 6.27. The van der Waals surface area contributed by atoms with Crippen molar-refractivity contribution in [3.8, 4) is 0 Å². The molecule has 2 aromatic carbocycles. The highest BCUT2D eigenvalue weighted by atomic mass is 16.2. The van der Waals surface area contributed by atoms with Crippen LogP contribution in [-0.4, -0.2) is 54.7 Å². The second kappa shape index (κ2) is 7.75. The smallest absolute Gasteiger partial charge is 0.261 e. The molecule has 1 aliphatic heterocycles. The van der Waals surface area contributed by atoms with Gasteiger partial charge in [0, 0.05) is 29.6 Å². The van der Waals surface area contributed by atoms with Crippen LogP contribution in [-0.2, 0) is 17.6 Å². The van der Waals surface area contributed by atoms with Crippen molar-refractivity contribution in [1.29, 1.82) is 0 Å². The molecule has 1 N–H and O–H groups in total. The van der Waals surface area contributed by atoms with Gasteiger partial charge in [-0.25, -0.2) is 0 Å². The molecule has 0 spiro atoms. The van der Waals surface area contributed by atoms with Crippen LogP contribution in [0.1, 0.15) is 65.5 Å². The Labute approximate surface area is 183 Å². The summed E-state index contributed by atoms with van der Waals surface area (Å²) in [5.74, 6) is -0.581. The van der Waals surface area contributed by atoms with Gasteiger partial charge in [0.05, 0.1) is 11.1 Å². The van der Waals surface area contributed by atoms with Crippen LogP contribution in [0.4, 0.5) is 5.69 Å². The lowest BCUT2D eigenvalue weighted by atomic mass is 9.81. The minimum Gasteiger partial charge on any atom is -0.326 e. The Kier molecular flexibility index (Phi) is 5.38. The molecule has 2 aliphatic rings. The topological polar surface area (TPSA) is 69.7 Å². The Morgan fingerprint density at radius 2 is 1.77 bits per heavy atom. The molecule has 4 rings (SSSR count). The number of likely N-dealkylation sites (N-methyl/N-ethyl adjacent to an activating group) is 1. The number of amides is 3. The van der Waals surface area contributed by atoms with Gasteiger partial charge in [-0.05, 0) is 68.4 Å². The van der Waals surface area contributed by atoms with E-state index < -0.39 is 5.41 Å². The first kappa shape index (κ1) is 21.5. The van der Waals surface area contributed by atoms with Gasteiger partial charge < -0.3 is 10.2 Å². The van der Waals surface area contributed by atoms with Crippen molar-refractivity contribution in [3.63, 3.8) is 0 Å². The molecule has 0 unspecified atom stereocenters. The lowest BCUT2D eigenvalue weighted by molar-refractivity contribution is -0.123. The van der Waals surface area contributed by atoms with Crippen molar-refractivity contribution in [1.82, 2.24) is 9.80 Å². The number of hydrogen-bond acceptors (Lipinski definition) is 4. The maximum absolute atomic E-state index is 13.5. The Balaban J connectivity index is 1.90. The highest BCUT2D eigenvalue weighted by Crippen LogP contribution is 2.39. The lowest BCUT2D eigenvalue weighted by Gasteiger charge is -2.32. The average molecular weight is 422 g/mol. The monoisotopic (exact) mass is 421 g/mol. The van der Waals surface area contributed by atoms with Crippen LogP contribution in [0, 0.1) is 5.41 Å². The average Bonchev–Trinajstić information content (AvgIpc) is 2.69. The Morgan fingerprint density at radius 3 is 2.45 bits per heavy atom. The first-order chi connectivity index (χ1) is 14.6. The van der Waals surface area contributed by atoms with Gasteiger partial charge in [0.2, 0.25) is 5.91 Å². The van der Waals surface area contributed by atoms with Crippen LogP contribution in [0.15, 0.2) is 18.2 Å². The van der Waals surface area contributed by atoms with Gasteiger partial charge >= 0.3 is 0 Å². The lowest BCUT2D eigenvalue weighted by Crippen LogP contribution is -2.44. The van der Waals surface area contributed by atoms with Crippen molar-refractivity contribution in [2.45, 2.75) is 46.5 Å². The predicted octanol–water partition coefficient (Wildman–Crippen LogP) is 3.86. The van der Waals surface area contributed by atoms with E-state index in [1.807, 2.05) is 45.8 Å². The fourth-order valence-electron chi connectivity index (χ4n) is 4.44. The Hall–Kier alpha value is -2.73. The van der Waals surface area contributed by atoms with Crippen molar-refractivity contribution in [2.24, 2.45) is 5.41 Å². The van der Waals surface area contributed by atoms with E-state index in [2.05, 4.69) is 11.4 Å². The van der Waals surface area contributed by atoms with Crippen LogP contribution in [0.5, 0.6) is 0 Å². The van der Waals surface area contributed by atoms with E-state index in [9.17, 15) is 14.4 Å². The van der Waals surface area contributed by atoms with Crippen molar-refractivity contribution in [2.75, 3.05) is 32.5 Å². The van der Waals surface area contributed by atoms with Crippen LogP contribution in [0.25, 0.3) is 10.8 Å². The summed E-state index contributed by atoms with van der Waals surface area (Å²) in [6.07, 6.45) is 3.96. The number of rotatable bonds is 4. The van der Waals surface area contributed by atoms with E-state index in [1.165, 1.54) is 10.5 Å². The van der Waals surface area contributed by atoms with E-state index >= 15 is 0 Å². The number of fused-ring (bicyclic) bond motifs is 2. The van der Waals surface area contributed by atoms with Gasteiger partial charge in [0.25, 0.3) is 11.8 Å². The molecule has 0 aromatic heterocycles. The number of imide groups is 1. The van der Waals surface area contributed by atoms with Crippen molar-refractivity contribution >= 4 is 34.2 Å². The summed E-state index contributed by atoms with van der Waals surface area (Å²) < 4.78 is 0. The van der Waals surface area contributed by atoms with Crippen LogP contribution < -0.4 is 5.32 Å². The second-order valence-corrected chi connectivity index (χ2v) is 9.99. The predicted molar refractivity (Wildman–Crippen MR) is 123 cm³/mol. The van der Waals surface area contributed by atoms with E-state index in [1.54, 1.807) is 6.07 Å². The molecule has 0 saturated carbocycles. The number of hydrogen-bond donors (Lipinski definition) is 1. The third kappa shape index (κ3) is 3.85. The van der Waals surface area contributed by atoms with Crippen molar-refractivity contribution in [3.05, 3.63) is 40.5 Å². The molecule has 6 nitrogen and oxygen atoms in total. The van der Waals surface area contributed by atoms with Gasteiger partial charge in [-0.15, -0.1) is 0 Å². The molecule has 2 aromatic rings. The standard InChI is InChI=1S/C25H31N3O3/c1-25(2,3)24(31)26-17-13-16-12-15-8-6-7-9-18(15)21-20(16)19(14-17)22(29)28(23(21)30)11-10-27(4)5/h12-14H,6-11H2,1-5H3,(H,26,31). The number of nitrogens with zero attached hydrogens (tertiary/aromatic N) is 2. The van der Waals surface area contributed by atoms with E-state index in [0.717, 1.165) is 42.0 Å². The third-order valence-electron chi connectivity index (χ3n) is 6.21. The van der Waals surface area contributed by atoms with Gasteiger partial charge in [0.15, 0.2) is 0 Å². The molecule has 0 fully saturated rings. The zero-order valence-corrected chi connectivity index (χ0v) is 19.1. The summed E-state index contributed by atoms with van der Waals surface area (Å²) in [4.78, 5) is 42.8. The van der Waals surface area contributed by atoms with Gasteiger partial charge in [0.1, 0.15) is 0 Å². The molecule has 164 valence electrons. The molecular weight excluding hydrogens is 390 g/mol. The van der Waals surface area contributed by atoms with E-state index in [4.69, 9.17) is 0 Å². The quantitative estimate of drug-likeness (QED) is 0.761. The summed E-state index contributed by atoms with van der Waals surface area (Å²) in [5.41, 5.74) is 3.52. The largest absolute Gasteiger partial charge is 0.326 e. The van der Waals surface area contributed by atoms with E-state index in [0.29, 0.717) is 29.9 Å². The maximum atomic E-state index is 13.5. The normalized spacial score (nSPS) is 16.1. The minimum atomic E-state index is -0.551. The Bertz CT molecular complexity index is 1100. The number of anilines is 1. The van der Waals surface area contributed by atoms with Gasteiger partial charge in [-0.2, -0.15) is 0 Å². The summed E-state index contributed by atoms with van der Waals surface area (Å²) in [5, 5.41) is 4.56. The van der Waals surface area contributed by atoms with Crippen molar-refractivity contribution < 1.29 is 14.4 Å². The maximum Gasteiger partial charge on any atom is 0.261 e. The molecule has 3 amide bonds. The molecule has 0 radical (unpaired) electrons. The van der Waals surface area contributed by atoms with Crippen LogP contribution >= 0.6 is 0 Å². The molecular formula is C25H31N3O3. The fraction of sp³-hybridized carbons (Fsp3) is 0.480. The molecule has 6 heteroatoms. The number of carbonyl (C=O) groups is 3. The summed E-state index contributed by atoms with van der Waals surface area (Å²) in [6.45, 7) is 6.51. The molecule has 31 heavy (non-hydrogen) atoms. The number of nitrogens with one attached hydrogen (secondary N) is 1. The fourth-order valence-corrected chi connectivity index (χ4v) is 4.44. The zero-order valence-electron chi connectivity index (χ0n) is 19.1. The summed E-state index contributed by atoms with van der Waals surface area (Å²) in [6, 6.07) is 5.75. The summed E-state index contributed by atoms with van der Waals surface area (Å²) in [7, 11) is 3.85. The molecule has 0 saturated heterocycles. The third-order valence-corrected chi connectivity index (χ3v) is 6.21. The molecule has 1 heterocycles. The first-order valence-electron chi connectivity index (χ1n) is 11.0. The molecule has 0 bridgehead atoms. The first-order valence-corrected chi connectivity index (χ1v) is 11.0. The highest BCUT2D eigenvalue weighted by Gasteiger charge is 2.36. The minimum absolute atomic E-state index is 0.110. The van der Waals surface area contributed by atoms with Gasteiger partial charge in [-0.1, -0.05) is 26.8 Å². The number of benzene rings is 2. The molecule has 1 aliphatic carbocycles. The van der Waals surface area contributed by atoms with E-state index in [-0.39, 0.29) is 17.7 Å².